The molecule has 17 heteroatoms. The number of aromatic nitrogens is 4. The van der Waals surface area contributed by atoms with Crippen molar-refractivity contribution in [1.82, 2.24) is 24.6 Å². The third-order valence-electron chi connectivity index (χ3n) is 8.04. The number of nitrogen functional groups attached to an aromatic ring is 1. The van der Waals surface area contributed by atoms with Crippen molar-refractivity contribution in [2.45, 2.75) is 95.3 Å². The van der Waals surface area contributed by atoms with Gasteiger partial charge in [0.25, 0.3) is 5.85 Å². The summed E-state index contributed by atoms with van der Waals surface area (Å²) >= 11 is 0. The van der Waals surface area contributed by atoms with Gasteiger partial charge in [0.2, 0.25) is 11.8 Å². The number of aliphatic hydroxyl groups is 1. The Labute approximate surface area is 264 Å². The van der Waals surface area contributed by atoms with Gasteiger partial charge in [-0.1, -0.05) is 24.6 Å². The van der Waals surface area contributed by atoms with Gasteiger partial charge in [0.1, 0.15) is 36.9 Å². The van der Waals surface area contributed by atoms with E-state index in [9.17, 15) is 14.5 Å². The SMILES string of the molecule is CCOc1nc(N)nc2c1ncn2[C@H]1C[C@@](O)(C(C)F)[C@@](F)(CO[P@@](=O)(NC(C)C(=O)OC2CCCCC2)Oc2ccccc2)O1. The molecule has 2 aliphatic rings. The maximum absolute atomic E-state index is 16.8. The number of hydrogen-bond acceptors (Lipinski definition) is 12. The van der Waals surface area contributed by atoms with E-state index in [-0.39, 0.29) is 41.5 Å². The number of anilines is 1. The minimum atomic E-state index is -4.60. The van der Waals surface area contributed by atoms with Crippen molar-refractivity contribution in [1.29, 1.82) is 0 Å². The van der Waals surface area contributed by atoms with E-state index in [2.05, 4.69) is 20.0 Å². The average Bonchev–Trinajstić information content (AvgIpc) is 3.56. The van der Waals surface area contributed by atoms with Gasteiger partial charge in [-0.2, -0.15) is 15.1 Å². The first-order valence-electron chi connectivity index (χ1n) is 15.2. The second kappa shape index (κ2) is 13.7. The lowest BCUT2D eigenvalue weighted by atomic mass is 9.89. The Morgan fingerprint density at radius 2 is 1.96 bits per heavy atom. The number of fused-ring (bicyclic) bond motifs is 1. The van der Waals surface area contributed by atoms with E-state index in [1.807, 2.05) is 0 Å². The van der Waals surface area contributed by atoms with Gasteiger partial charge in [-0.3, -0.25) is 13.9 Å². The van der Waals surface area contributed by atoms with Gasteiger partial charge in [0.15, 0.2) is 16.8 Å². The number of hydrogen-bond donors (Lipinski definition) is 3. The summed E-state index contributed by atoms with van der Waals surface area (Å²) in [5.74, 6) is -3.99. The maximum atomic E-state index is 16.8. The van der Waals surface area contributed by atoms with Gasteiger partial charge >= 0.3 is 13.7 Å². The van der Waals surface area contributed by atoms with E-state index in [4.69, 9.17) is 29.0 Å². The van der Waals surface area contributed by atoms with Crippen LogP contribution in [-0.4, -0.2) is 73.6 Å². The first-order chi connectivity index (χ1) is 21.9. The lowest BCUT2D eigenvalue weighted by Gasteiger charge is -2.35. The number of nitrogens with one attached hydrogen (secondary N) is 1. The molecule has 0 amide bonds. The van der Waals surface area contributed by atoms with Crippen LogP contribution >= 0.6 is 7.75 Å². The highest BCUT2D eigenvalue weighted by atomic mass is 31.2. The van der Waals surface area contributed by atoms with Crippen LogP contribution in [0, 0.1) is 0 Å². The maximum Gasteiger partial charge on any atom is 0.459 e. The number of nitrogens with zero attached hydrogens (tertiary/aromatic N) is 4. The van der Waals surface area contributed by atoms with E-state index in [1.165, 1.54) is 30.0 Å². The molecule has 1 aromatic carbocycles. The number of halogens is 2. The predicted molar refractivity (Wildman–Crippen MR) is 161 cm³/mol. The number of esters is 1. The van der Waals surface area contributed by atoms with Crippen LogP contribution in [0.25, 0.3) is 11.2 Å². The normalized spacial score (nSPS) is 26.3. The van der Waals surface area contributed by atoms with Gasteiger partial charge in [0, 0.05) is 6.42 Å². The zero-order valence-electron chi connectivity index (χ0n) is 25.8. The minimum Gasteiger partial charge on any atom is -0.476 e. The fraction of sp³-hybridized carbons (Fsp3) is 0.586. The summed E-state index contributed by atoms with van der Waals surface area (Å²) in [6, 6.07) is 6.65. The fourth-order valence-electron chi connectivity index (χ4n) is 5.52. The molecule has 5 rings (SSSR count). The number of carbonyl (C=O) groups excluding carboxylic acids is 1. The number of benzene rings is 1. The number of imidazole rings is 1. The van der Waals surface area contributed by atoms with Crippen LogP contribution < -0.4 is 20.1 Å². The van der Waals surface area contributed by atoms with E-state index in [0.717, 1.165) is 26.2 Å². The number of rotatable bonds is 13. The molecule has 1 saturated heterocycles. The summed E-state index contributed by atoms with van der Waals surface area (Å²) in [6.45, 7) is 3.08. The van der Waals surface area contributed by atoms with Crippen LogP contribution in [0.15, 0.2) is 36.7 Å². The van der Waals surface area contributed by atoms with Crippen molar-refractivity contribution in [2.75, 3.05) is 18.9 Å². The largest absolute Gasteiger partial charge is 0.476 e. The molecule has 3 heterocycles. The highest BCUT2D eigenvalue weighted by molar-refractivity contribution is 7.52. The quantitative estimate of drug-likeness (QED) is 0.171. The van der Waals surface area contributed by atoms with Crippen molar-refractivity contribution in [3.8, 4) is 11.6 Å². The Kier molecular flexibility index (Phi) is 10.1. The molecule has 1 saturated carbocycles. The van der Waals surface area contributed by atoms with E-state index in [0.29, 0.717) is 12.8 Å². The average molecular weight is 669 g/mol. The number of ether oxygens (including phenoxy) is 3. The van der Waals surface area contributed by atoms with Gasteiger partial charge in [-0.05, 0) is 58.6 Å². The molecule has 0 spiro atoms. The summed E-state index contributed by atoms with van der Waals surface area (Å²) in [6.07, 6.45) is 1.14. The molecule has 1 aliphatic heterocycles. The van der Waals surface area contributed by atoms with Gasteiger partial charge in [-0.25, -0.2) is 18.3 Å². The topological polar surface area (TPSA) is 182 Å². The van der Waals surface area contributed by atoms with Crippen LogP contribution in [0.5, 0.6) is 11.6 Å². The zero-order valence-corrected chi connectivity index (χ0v) is 26.7. The highest BCUT2D eigenvalue weighted by Gasteiger charge is 2.65. The third kappa shape index (κ3) is 7.10. The number of para-hydroxylation sites is 1. The van der Waals surface area contributed by atoms with E-state index < -0.39 is 56.6 Å². The van der Waals surface area contributed by atoms with Crippen molar-refractivity contribution in [3.63, 3.8) is 0 Å². The van der Waals surface area contributed by atoms with Crippen LogP contribution in [0.1, 0.15) is 65.5 Å². The fourth-order valence-corrected chi connectivity index (χ4v) is 7.02. The van der Waals surface area contributed by atoms with Gasteiger partial charge in [-0.15, -0.1) is 0 Å². The lowest BCUT2D eigenvalue weighted by Crippen LogP contribution is -2.56. The molecule has 1 aliphatic carbocycles. The molecule has 252 valence electrons. The van der Waals surface area contributed by atoms with Crippen LogP contribution in [0.2, 0.25) is 0 Å². The molecule has 2 unspecified atom stereocenters. The molecule has 14 nitrogen and oxygen atoms in total. The molecule has 0 radical (unpaired) electrons. The summed E-state index contributed by atoms with van der Waals surface area (Å²) in [5.41, 5.74) is 3.31. The highest BCUT2D eigenvalue weighted by Crippen LogP contribution is 2.53. The first-order valence-corrected chi connectivity index (χ1v) is 16.7. The zero-order chi connectivity index (χ0) is 33.1. The summed E-state index contributed by atoms with van der Waals surface area (Å²) < 4.78 is 74.9. The number of alkyl halides is 2. The Morgan fingerprint density at radius 3 is 2.63 bits per heavy atom. The predicted octanol–water partition coefficient (Wildman–Crippen LogP) is 4.54. The molecule has 2 aromatic heterocycles. The van der Waals surface area contributed by atoms with E-state index in [1.54, 1.807) is 25.1 Å². The van der Waals surface area contributed by atoms with Crippen molar-refractivity contribution >= 4 is 30.8 Å². The minimum absolute atomic E-state index is 0.0747. The Bertz CT molecular complexity index is 1560. The lowest BCUT2D eigenvalue weighted by molar-refractivity contribution is -0.250. The monoisotopic (exact) mass is 668 g/mol. The smallest absolute Gasteiger partial charge is 0.459 e. The van der Waals surface area contributed by atoms with Gasteiger partial charge in [0.05, 0.1) is 12.9 Å². The second-order valence-corrected chi connectivity index (χ2v) is 13.1. The van der Waals surface area contributed by atoms with Crippen LogP contribution in [-0.2, 0) is 23.4 Å². The molecule has 46 heavy (non-hydrogen) atoms. The first kappa shape index (κ1) is 33.9. The molecular formula is C29H39F2N6O8P. The number of nitrogens with two attached hydrogens (primary N) is 1. The molecule has 2 fully saturated rings. The molecule has 4 N–H and O–H groups in total. The van der Waals surface area contributed by atoms with Crippen molar-refractivity contribution < 1.29 is 46.5 Å². The molecule has 0 bridgehead atoms. The van der Waals surface area contributed by atoms with E-state index >= 15 is 8.78 Å². The van der Waals surface area contributed by atoms with Crippen LogP contribution in [0.3, 0.4) is 0 Å². The third-order valence-corrected chi connectivity index (χ3v) is 9.66. The Balaban J connectivity index is 1.39. The summed E-state index contributed by atoms with van der Waals surface area (Å²) in [5, 5.41) is 13.9. The molecule has 6 atom stereocenters. The summed E-state index contributed by atoms with van der Waals surface area (Å²) in [7, 11) is -4.60. The van der Waals surface area contributed by atoms with Crippen LogP contribution in [0.4, 0.5) is 14.7 Å². The second-order valence-electron chi connectivity index (χ2n) is 11.4. The van der Waals surface area contributed by atoms with Crippen molar-refractivity contribution in [2.24, 2.45) is 0 Å². The van der Waals surface area contributed by atoms with Crippen molar-refractivity contribution in [3.05, 3.63) is 36.7 Å². The molecule has 3 aromatic rings. The Hall–Kier alpha value is -3.43. The molecular weight excluding hydrogens is 629 g/mol. The summed E-state index contributed by atoms with van der Waals surface area (Å²) in [4.78, 5) is 25.3. The number of carbonyl (C=O) groups is 1. The van der Waals surface area contributed by atoms with Gasteiger partial charge < -0.3 is 29.6 Å². The Morgan fingerprint density at radius 1 is 1.24 bits per heavy atom. The standard InChI is InChI=1S/C29H39F2N6O8P/c1-4-41-25-23-24(34-27(32)35-25)37(17-33-23)22-15-28(39,19(3)30)29(31,44-22)16-42-46(40,45-21-13-9-6-10-14-21)36-18(2)26(38)43-20-11-7-5-8-12-20/h6,9-10,13-14,17-20,22,39H,4-5,7-8,11-12,15-16H2,1-3H3,(H,36,40)(H2,32,34,35)/t18?,19?,22-,28-,29-,46+/m1/s1.